The lowest BCUT2D eigenvalue weighted by Crippen LogP contribution is -2.30. The summed E-state index contributed by atoms with van der Waals surface area (Å²) in [6.45, 7) is 7.24. The van der Waals surface area contributed by atoms with E-state index in [0.29, 0.717) is 5.41 Å². The highest BCUT2D eigenvalue weighted by atomic mass is 14.9. The Balaban J connectivity index is 1.78. The molecule has 108 valence electrons. The lowest BCUT2D eigenvalue weighted by molar-refractivity contribution is 0.314. The highest BCUT2D eigenvalue weighted by Crippen LogP contribution is 2.36. The van der Waals surface area contributed by atoms with Gasteiger partial charge in [-0.1, -0.05) is 71.6 Å². The molecule has 0 atom stereocenters. The average Bonchev–Trinajstić information content (AvgIpc) is 2.79. The molecule has 0 unspecified atom stereocenters. The van der Waals surface area contributed by atoms with Crippen molar-refractivity contribution in [2.45, 2.75) is 90.9 Å². The molecule has 0 radical (unpaired) electrons. The van der Waals surface area contributed by atoms with Crippen LogP contribution >= 0.6 is 0 Å². The molecule has 18 heavy (non-hydrogen) atoms. The molecule has 1 saturated carbocycles. The Bertz CT molecular complexity index is 182. The molecule has 0 saturated heterocycles. The molecule has 1 fully saturated rings. The van der Waals surface area contributed by atoms with Crippen molar-refractivity contribution in [1.29, 1.82) is 0 Å². The van der Waals surface area contributed by atoms with Crippen LogP contribution in [0, 0.1) is 5.41 Å². The van der Waals surface area contributed by atoms with Crippen LogP contribution in [-0.2, 0) is 0 Å². The van der Waals surface area contributed by atoms with Gasteiger partial charge in [-0.3, -0.25) is 0 Å². The van der Waals surface area contributed by atoms with Gasteiger partial charge in [-0.25, -0.2) is 0 Å². The van der Waals surface area contributed by atoms with Crippen molar-refractivity contribution in [3.63, 3.8) is 0 Å². The standard InChI is InChI=1S/C17H35N/c1-3-4-5-6-7-8-9-12-15-18-16-17(2)13-10-11-14-17/h18H,3-16H2,1-2H3. The van der Waals surface area contributed by atoms with E-state index in [1.165, 1.54) is 90.1 Å². The van der Waals surface area contributed by atoms with E-state index in [-0.39, 0.29) is 0 Å². The Morgan fingerprint density at radius 3 is 2.00 bits per heavy atom. The molecular weight excluding hydrogens is 218 g/mol. The zero-order chi connectivity index (χ0) is 13.1. The number of hydrogen-bond acceptors (Lipinski definition) is 1. The molecule has 1 rings (SSSR count). The van der Waals surface area contributed by atoms with Crippen LogP contribution < -0.4 is 5.32 Å². The molecule has 1 nitrogen and oxygen atoms in total. The van der Waals surface area contributed by atoms with E-state index in [9.17, 15) is 0 Å². The molecule has 0 spiro atoms. The summed E-state index contributed by atoms with van der Waals surface area (Å²) in [7, 11) is 0. The van der Waals surface area contributed by atoms with E-state index in [0.717, 1.165) is 0 Å². The zero-order valence-corrected chi connectivity index (χ0v) is 12.9. The second-order valence-electron chi connectivity index (χ2n) is 6.67. The minimum atomic E-state index is 0.625. The van der Waals surface area contributed by atoms with Crippen LogP contribution in [0.2, 0.25) is 0 Å². The van der Waals surface area contributed by atoms with Gasteiger partial charge in [0.25, 0.3) is 0 Å². The summed E-state index contributed by atoms with van der Waals surface area (Å²) in [5, 5.41) is 3.68. The Morgan fingerprint density at radius 2 is 1.39 bits per heavy atom. The van der Waals surface area contributed by atoms with Crippen molar-refractivity contribution in [3.05, 3.63) is 0 Å². The predicted molar refractivity (Wildman–Crippen MR) is 82.1 cm³/mol. The van der Waals surface area contributed by atoms with Crippen molar-refractivity contribution in [2.24, 2.45) is 5.41 Å². The van der Waals surface area contributed by atoms with Gasteiger partial charge in [-0.2, -0.15) is 0 Å². The Hall–Kier alpha value is -0.0400. The van der Waals surface area contributed by atoms with Crippen molar-refractivity contribution < 1.29 is 0 Å². The van der Waals surface area contributed by atoms with Crippen molar-refractivity contribution in [3.8, 4) is 0 Å². The maximum Gasteiger partial charge on any atom is 0.000516 e. The fraction of sp³-hybridized carbons (Fsp3) is 1.00. The fourth-order valence-electron chi connectivity index (χ4n) is 3.18. The van der Waals surface area contributed by atoms with Crippen LogP contribution in [-0.4, -0.2) is 13.1 Å². The van der Waals surface area contributed by atoms with E-state index in [4.69, 9.17) is 0 Å². The minimum Gasteiger partial charge on any atom is -0.316 e. The van der Waals surface area contributed by atoms with E-state index < -0.39 is 0 Å². The summed E-state index contributed by atoms with van der Waals surface area (Å²) in [5.41, 5.74) is 0.625. The van der Waals surface area contributed by atoms with Crippen LogP contribution in [0.1, 0.15) is 90.9 Å². The molecule has 1 aliphatic carbocycles. The Morgan fingerprint density at radius 1 is 0.833 bits per heavy atom. The molecule has 0 heterocycles. The van der Waals surface area contributed by atoms with Crippen LogP contribution in [0.25, 0.3) is 0 Å². The van der Waals surface area contributed by atoms with Gasteiger partial charge in [-0.05, 0) is 31.2 Å². The second kappa shape index (κ2) is 9.83. The first-order chi connectivity index (χ1) is 8.77. The van der Waals surface area contributed by atoms with Gasteiger partial charge < -0.3 is 5.32 Å². The Kier molecular flexibility index (Phi) is 8.75. The van der Waals surface area contributed by atoms with Gasteiger partial charge in [0.1, 0.15) is 0 Å². The molecule has 0 amide bonds. The minimum absolute atomic E-state index is 0.625. The summed E-state index contributed by atoms with van der Waals surface area (Å²) in [4.78, 5) is 0. The van der Waals surface area contributed by atoms with Gasteiger partial charge in [-0.15, -0.1) is 0 Å². The third kappa shape index (κ3) is 7.41. The molecule has 0 aromatic carbocycles. The summed E-state index contributed by atoms with van der Waals surface area (Å²) in [6, 6.07) is 0. The van der Waals surface area contributed by atoms with Gasteiger partial charge in [0.05, 0.1) is 0 Å². The van der Waals surface area contributed by atoms with Crippen LogP contribution in [0.15, 0.2) is 0 Å². The molecule has 0 bridgehead atoms. The molecule has 1 aliphatic rings. The zero-order valence-electron chi connectivity index (χ0n) is 12.9. The van der Waals surface area contributed by atoms with Crippen LogP contribution in [0.3, 0.4) is 0 Å². The van der Waals surface area contributed by atoms with Gasteiger partial charge in [0.2, 0.25) is 0 Å². The fourth-order valence-corrected chi connectivity index (χ4v) is 3.18. The molecular formula is C17H35N. The van der Waals surface area contributed by atoms with Crippen molar-refractivity contribution >= 4 is 0 Å². The summed E-state index contributed by atoms with van der Waals surface area (Å²) < 4.78 is 0. The lowest BCUT2D eigenvalue weighted by Gasteiger charge is -2.23. The number of nitrogens with one attached hydrogen (secondary N) is 1. The SMILES string of the molecule is CCCCCCCCCCNCC1(C)CCCC1. The first-order valence-electron chi connectivity index (χ1n) is 8.47. The lowest BCUT2D eigenvalue weighted by atomic mass is 9.89. The highest BCUT2D eigenvalue weighted by molar-refractivity contribution is 4.82. The summed E-state index contributed by atoms with van der Waals surface area (Å²) >= 11 is 0. The summed E-state index contributed by atoms with van der Waals surface area (Å²) in [6.07, 6.45) is 17.2. The van der Waals surface area contributed by atoms with E-state index in [1.54, 1.807) is 0 Å². The second-order valence-corrected chi connectivity index (χ2v) is 6.67. The first kappa shape index (κ1) is 16.0. The quantitative estimate of drug-likeness (QED) is 0.493. The monoisotopic (exact) mass is 253 g/mol. The number of hydrogen-bond donors (Lipinski definition) is 1. The van der Waals surface area contributed by atoms with Gasteiger partial charge in [0.15, 0.2) is 0 Å². The Labute approximate surface area is 115 Å². The molecule has 0 aliphatic heterocycles. The van der Waals surface area contributed by atoms with Gasteiger partial charge >= 0.3 is 0 Å². The predicted octanol–water partition coefficient (Wildman–Crippen LogP) is 5.30. The van der Waals surface area contributed by atoms with Crippen LogP contribution in [0.5, 0.6) is 0 Å². The van der Waals surface area contributed by atoms with E-state index >= 15 is 0 Å². The summed E-state index contributed by atoms with van der Waals surface area (Å²) in [5.74, 6) is 0. The molecule has 1 N–H and O–H groups in total. The van der Waals surface area contributed by atoms with Crippen molar-refractivity contribution in [2.75, 3.05) is 13.1 Å². The smallest absolute Gasteiger partial charge is 0.000516 e. The maximum absolute atomic E-state index is 3.68. The van der Waals surface area contributed by atoms with Crippen molar-refractivity contribution in [1.82, 2.24) is 5.32 Å². The largest absolute Gasteiger partial charge is 0.316 e. The van der Waals surface area contributed by atoms with E-state index in [2.05, 4.69) is 19.2 Å². The van der Waals surface area contributed by atoms with Gasteiger partial charge in [0, 0.05) is 6.54 Å². The molecule has 0 aromatic heterocycles. The average molecular weight is 253 g/mol. The van der Waals surface area contributed by atoms with E-state index in [1.807, 2.05) is 0 Å². The topological polar surface area (TPSA) is 12.0 Å². The third-order valence-corrected chi connectivity index (χ3v) is 4.57. The normalized spacial score (nSPS) is 18.3. The third-order valence-electron chi connectivity index (χ3n) is 4.57. The number of unbranched alkanes of at least 4 members (excludes halogenated alkanes) is 7. The molecule has 1 heteroatoms. The maximum atomic E-state index is 3.68. The molecule has 0 aromatic rings. The number of rotatable bonds is 11. The van der Waals surface area contributed by atoms with Crippen LogP contribution in [0.4, 0.5) is 0 Å². The first-order valence-corrected chi connectivity index (χ1v) is 8.47. The highest BCUT2D eigenvalue weighted by Gasteiger charge is 2.27.